The Morgan fingerprint density at radius 3 is 2.48 bits per heavy atom. The summed E-state index contributed by atoms with van der Waals surface area (Å²) in [5.74, 6) is 0.767. The van der Waals surface area contributed by atoms with Crippen molar-refractivity contribution in [3.63, 3.8) is 0 Å². The molecule has 0 aliphatic heterocycles. The van der Waals surface area contributed by atoms with Crippen LogP contribution in [-0.2, 0) is 10.0 Å². The molecule has 0 amide bonds. The van der Waals surface area contributed by atoms with E-state index in [2.05, 4.69) is 4.72 Å². The zero-order valence-corrected chi connectivity index (χ0v) is 14.0. The summed E-state index contributed by atoms with van der Waals surface area (Å²) in [6.07, 6.45) is 0. The van der Waals surface area contributed by atoms with Gasteiger partial charge in [-0.3, -0.25) is 4.72 Å². The van der Waals surface area contributed by atoms with E-state index in [1.54, 1.807) is 43.5 Å². The molecule has 6 heteroatoms. The van der Waals surface area contributed by atoms with E-state index >= 15 is 0 Å². The molecule has 0 saturated carbocycles. The largest absolute Gasteiger partial charge is 0.496 e. The van der Waals surface area contributed by atoms with Gasteiger partial charge in [0, 0.05) is 0 Å². The number of hydrogen-bond acceptors (Lipinski definition) is 4. The Kier molecular flexibility index (Phi) is 4.92. The third-order valence-corrected chi connectivity index (χ3v) is 4.79. The fourth-order valence-corrected chi connectivity index (χ4v) is 3.32. The minimum absolute atomic E-state index is 0.117. The molecule has 1 N–H and O–H groups in total. The maximum Gasteiger partial charge on any atom is 0.261 e. The van der Waals surface area contributed by atoms with Crippen LogP contribution in [0.3, 0.4) is 0 Å². The molecule has 0 radical (unpaired) electrons. The summed E-state index contributed by atoms with van der Waals surface area (Å²) >= 11 is 0. The highest BCUT2D eigenvalue weighted by Crippen LogP contribution is 2.29. The predicted molar refractivity (Wildman–Crippen MR) is 89.0 cm³/mol. The van der Waals surface area contributed by atoms with Gasteiger partial charge in [0.15, 0.2) is 0 Å². The summed E-state index contributed by atoms with van der Waals surface area (Å²) in [4.78, 5) is 0.134. The van der Waals surface area contributed by atoms with Crippen LogP contribution in [0.4, 0.5) is 5.69 Å². The quantitative estimate of drug-likeness (QED) is 0.910. The first-order valence-electron chi connectivity index (χ1n) is 7.09. The number of anilines is 1. The first-order valence-corrected chi connectivity index (χ1v) is 8.57. The Labute approximate surface area is 136 Å². The van der Waals surface area contributed by atoms with Gasteiger partial charge in [0.05, 0.1) is 23.3 Å². The fraction of sp³-hybridized carbons (Fsp3) is 0.235. The Morgan fingerprint density at radius 2 is 1.87 bits per heavy atom. The lowest BCUT2D eigenvalue weighted by atomic mass is 10.0. The van der Waals surface area contributed by atoms with Gasteiger partial charge in [-0.1, -0.05) is 26.0 Å². The van der Waals surface area contributed by atoms with Gasteiger partial charge in [-0.2, -0.15) is 5.26 Å². The molecule has 0 aromatic heterocycles. The Hall–Kier alpha value is -2.52. The lowest BCUT2D eigenvalue weighted by Gasteiger charge is -2.15. The van der Waals surface area contributed by atoms with E-state index < -0.39 is 10.0 Å². The monoisotopic (exact) mass is 330 g/mol. The van der Waals surface area contributed by atoms with Gasteiger partial charge in [-0.05, 0) is 41.8 Å². The number of hydrogen-bond donors (Lipinski definition) is 1. The van der Waals surface area contributed by atoms with E-state index in [-0.39, 0.29) is 22.1 Å². The lowest BCUT2D eigenvalue weighted by molar-refractivity contribution is 0.407. The van der Waals surface area contributed by atoms with Crippen LogP contribution in [0.1, 0.15) is 30.9 Å². The molecular weight excluding hydrogens is 312 g/mol. The number of methoxy groups -OCH3 is 1. The van der Waals surface area contributed by atoms with Gasteiger partial charge in [0.25, 0.3) is 10.0 Å². The van der Waals surface area contributed by atoms with Crippen molar-refractivity contribution in [2.75, 3.05) is 11.8 Å². The molecule has 120 valence electrons. The van der Waals surface area contributed by atoms with E-state index in [0.29, 0.717) is 5.75 Å². The maximum absolute atomic E-state index is 12.6. The molecule has 0 saturated heterocycles. The molecule has 23 heavy (non-hydrogen) atoms. The zero-order valence-electron chi connectivity index (χ0n) is 13.2. The van der Waals surface area contributed by atoms with Crippen LogP contribution in [0.5, 0.6) is 5.75 Å². The number of ether oxygens (including phenoxy) is 1. The summed E-state index contributed by atoms with van der Waals surface area (Å²) in [5, 5.41) is 9.07. The third-order valence-electron chi connectivity index (χ3n) is 3.43. The first-order chi connectivity index (χ1) is 10.9. The van der Waals surface area contributed by atoms with E-state index in [1.165, 1.54) is 6.07 Å². The topological polar surface area (TPSA) is 79.2 Å². The normalized spacial score (nSPS) is 11.1. The van der Waals surface area contributed by atoms with Crippen molar-refractivity contribution in [2.24, 2.45) is 0 Å². The summed E-state index contributed by atoms with van der Waals surface area (Å²) in [7, 11) is -2.23. The molecule has 0 aliphatic carbocycles. The molecule has 0 unspecified atom stereocenters. The van der Waals surface area contributed by atoms with Crippen molar-refractivity contribution >= 4 is 15.7 Å². The van der Waals surface area contributed by atoms with Crippen molar-refractivity contribution < 1.29 is 13.2 Å². The average Bonchev–Trinajstić information content (AvgIpc) is 2.54. The van der Waals surface area contributed by atoms with E-state index in [0.717, 1.165) is 5.56 Å². The molecular formula is C17H18N2O3S. The third kappa shape index (κ3) is 3.63. The molecule has 0 fully saturated rings. The highest BCUT2D eigenvalue weighted by molar-refractivity contribution is 7.92. The van der Waals surface area contributed by atoms with Crippen LogP contribution in [-0.4, -0.2) is 15.5 Å². The van der Waals surface area contributed by atoms with Crippen LogP contribution < -0.4 is 9.46 Å². The minimum atomic E-state index is -3.78. The van der Waals surface area contributed by atoms with Gasteiger partial charge >= 0.3 is 0 Å². The summed E-state index contributed by atoms with van der Waals surface area (Å²) < 4.78 is 32.9. The zero-order chi connectivity index (χ0) is 17.0. The van der Waals surface area contributed by atoms with E-state index in [4.69, 9.17) is 10.00 Å². The van der Waals surface area contributed by atoms with Crippen molar-refractivity contribution in [2.45, 2.75) is 24.7 Å². The van der Waals surface area contributed by atoms with Crippen LogP contribution in [0.2, 0.25) is 0 Å². The average molecular weight is 330 g/mol. The second-order valence-electron chi connectivity index (χ2n) is 5.32. The lowest BCUT2D eigenvalue weighted by Crippen LogP contribution is -2.14. The van der Waals surface area contributed by atoms with Crippen molar-refractivity contribution in [3.05, 3.63) is 53.6 Å². The smallest absolute Gasteiger partial charge is 0.261 e. The molecule has 0 atom stereocenters. The fourth-order valence-electron chi connectivity index (χ4n) is 2.20. The highest BCUT2D eigenvalue weighted by atomic mass is 32.2. The molecule has 0 heterocycles. The second-order valence-corrected chi connectivity index (χ2v) is 7.00. The predicted octanol–water partition coefficient (Wildman–Crippen LogP) is 3.49. The SMILES string of the molecule is COc1ccc(S(=O)(=O)Nc2ccccc2C#N)cc1C(C)C. The number of nitrogens with one attached hydrogen (secondary N) is 1. The number of nitrogens with zero attached hydrogens (tertiary/aromatic N) is 1. The molecule has 0 aliphatic rings. The van der Waals surface area contributed by atoms with Gasteiger partial charge in [-0.15, -0.1) is 0 Å². The van der Waals surface area contributed by atoms with Gasteiger partial charge < -0.3 is 4.74 Å². The Morgan fingerprint density at radius 1 is 1.17 bits per heavy atom. The van der Waals surface area contributed by atoms with Gasteiger partial charge in [0.1, 0.15) is 11.8 Å². The van der Waals surface area contributed by atoms with Crippen LogP contribution >= 0.6 is 0 Å². The maximum atomic E-state index is 12.6. The first kappa shape index (κ1) is 16.8. The van der Waals surface area contributed by atoms with Crippen molar-refractivity contribution in [3.8, 4) is 11.8 Å². The molecule has 0 bridgehead atoms. The van der Waals surface area contributed by atoms with Crippen LogP contribution in [0, 0.1) is 11.3 Å². The van der Waals surface area contributed by atoms with Crippen molar-refractivity contribution in [1.82, 2.24) is 0 Å². The molecule has 2 aromatic carbocycles. The number of rotatable bonds is 5. The Balaban J connectivity index is 2.44. The highest BCUT2D eigenvalue weighted by Gasteiger charge is 2.19. The second kappa shape index (κ2) is 6.71. The number of nitriles is 1. The summed E-state index contributed by atoms with van der Waals surface area (Å²) in [6, 6.07) is 13.2. The van der Waals surface area contributed by atoms with Crippen molar-refractivity contribution in [1.29, 1.82) is 5.26 Å². The number of para-hydroxylation sites is 1. The standard InChI is InChI=1S/C17H18N2O3S/c1-12(2)15-10-14(8-9-17(15)22-3)23(20,21)19-16-7-5-4-6-13(16)11-18/h4-10,12,19H,1-3H3. The van der Waals surface area contributed by atoms with E-state index in [1.807, 2.05) is 19.9 Å². The molecule has 5 nitrogen and oxygen atoms in total. The minimum Gasteiger partial charge on any atom is -0.496 e. The molecule has 0 spiro atoms. The molecule has 2 rings (SSSR count). The van der Waals surface area contributed by atoms with Gasteiger partial charge in [0.2, 0.25) is 0 Å². The van der Waals surface area contributed by atoms with E-state index in [9.17, 15) is 8.42 Å². The van der Waals surface area contributed by atoms with Crippen LogP contribution in [0.25, 0.3) is 0 Å². The van der Waals surface area contributed by atoms with Crippen LogP contribution in [0.15, 0.2) is 47.4 Å². The Bertz CT molecular complexity index is 852. The summed E-state index contributed by atoms with van der Waals surface area (Å²) in [6.45, 7) is 3.93. The number of benzene rings is 2. The summed E-state index contributed by atoms with van der Waals surface area (Å²) in [5.41, 5.74) is 1.34. The molecule has 2 aromatic rings. The number of sulfonamides is 1. The van der Waals surface area contributed by atoms with Gasteiger partial charge in [-0.25, -0.2) is 8.42 Å².